The third kappa shape index (κ3) is 6.82. The zero-order chi connectivity index (χ0) is 39.8. The minimum Gasteiger partial charge on any atom is -0.201 e. The lowest BCUT2D eigenvalue weighted by Crippen LogP contribution is -2.34. The Morgan fingerprint density at radius 1 is 0.217 bits per heavy atom. The topological polar surface area (TPSA) is 15.5 Å². The van der Waals surface area contributed by atoms with Crippen molar-refractivity contribution < 1.29 is 18.3 Å². The number of hydrogen-bond donors (Lipinski definition) is 0. The van der Waals surface area contributed by atoms with Gasteiger partial charge < -0.3 is 0 Å². The lowest BCUT2D eigenvalue weighted by Gasteiger charge is -2.14. The summed E-state index contributed by atoms with van der Waals surface area (Å²) in [4.78, 5) is 0. The minimum absolute atomic E-state index is 0.785. The van der Waals surface area contributed by atoms with Gasteiger partial charge in [-0.15, -0.1) is 0 Å². The molecule has 0 unspecified atom stereocenters. The van der Waals surface area contributed by atoms with E-state index in [2.05, 4.69) is 238 Å². The Bertz CT molecular complexity index is 2710. The van der Waals surface area contributed by atoms with Gasteiger partial charge in [0.25, 0.3) is 0 Å². The molecule has 6 aromatic carbocycles. The highest BCUT2D eigenvalue weighted by Gasteiger charge is 2.21. The van der Waals surface area contributed by atoms with Gasteiger partial charge in [-0.05, 0) is 65.3 Å². The summed E-state index contributed by atoms with van der Waals surface area (Å²) in [5.41, 5.74) is 10.1. The number of benzene rings is 6. The van der Waals surface area contributed by atoms with Crippen LogP contribution in [0.2, 0.25) is 0 Å². The molecule has 7 aliphatic heterocycles. The lowest BCUT2D eigenvalue weighted by atomic mass is 9.91. The van der Waals surface area contributed by atoms with Crippen LogP contribution in [0.5, 0.6) is 0 Å². The third-order valence-corrected chi connectivity index (χ3v) is 12.3. The standard InChI is InChI=1S/C56H44N4/c1-2-10-46-45(9-1)53-37-57-29-21-41(22-30-57)17-18-43-25-33-59(34-26-43)39-55-49-13-5-7-15-51(49)56(52-16-8-6-14-50(52)55)40-60-35-27-44(28-36-60)20-19-42-23-31-58(32-24-42)38-54(46)48-12-4-3-11-47(48)53/h1-36H,37-40H2/q+4/b18-17+,20-19+. The Kier molecular flexibility index (Phi) is 9.08. The first-order valence-corrected chi connectivity index (χ1v) is 20.9. The smallest absolute Gasteiger partial charge is 0.175 e. The van der Waals surface area contributed by atoms with Crippen molar-refractivity contribution in [1.82, 2.24) is 0 Å². The summed E-state index contributed by atoms with van der Waals surface area (Å²) in [5, 5.41) is 10.4. The van der Waals surface area contributed by atoms with Crippen molar-refractivity contribution in [3.05, 3.63) is 240 Å². The van der Waals surface area contributed by atoms with Crippen LogP contribution in [0.4, 0.5) is 0 Å². The van der Waals surface area contributed by atoms with Crippen LogP contribution in [0.15, 0.2) is 195 Å². The fraction of sp³-hybridized carbons (Fsp3) is 0.0714. The molecule has 11 heterocycles. The van der Waals surface area contributed by atoms with E-state index in [-0.39, 0.29) is 0 Å². The fourth-order valence-electron chi connectivity index (χ4n) is 9.16. The molecule has 0 N–H and O–H groups in total. The molecule has 0 amide bonds. The number of aromatic nitrogens is 4. The van der Waals surface area contributed by atoms with Crippen LogP contribution in [0.1, 0.15) is 44.5 Å². The number of hydrogen-bond acceptors (Lipinski definition) is 0. The Hall–Kier alpha value is -7.56. The van der Waals surface area contributed by atoms with Crippen LogP contribution < -0.4 is 18.3 Å². The van der Waals surface area contributed by atoms with E-state index >= 15 is 0 Å². The van der Waals surface area contributed by atoms with Crippen molar-refractivity contribution in [2.45, 2.75) is 26.2 Å². The molecule has 0 saturated heterocycles. The van der Waals surface area contributed by atoms with Crippen LogP contribution >= 0.6 is 0 Å². The van der Waals surface area contributed by atoms with Gasteiger partial charge >= 0.3 is 0 Å². The zero-order valence-corrected chi connectivity index (χ0v) is 33.4. The first-order valence-electron chi connectivity index (χ1n) is 20.9. The van der Waals surface area contributed by atoms with E-state index in [1.165, 1.54) is 87.6 Å². The van der Waals surface area contributed by atoms with E-state index in [4.69, 9.17) is 0 Å². The van der Waals surface area contributed by atoms with Gasteiger partial charge in [-0.25, -0.2) is 18.3 Å². The molecule has 0 aliphatic carbocycles. The van der Waals surface area contributed by atoms with Crippen LogP contribution in [-0.2, 0) is 26.2 Å². The predicted molar refractivity (Wildman–Crippen MR) is 244 cm³/mol. The van der Waals surface area contributed by atoms with Gasteiger partial charge in [0.15, 0.2) is 75.8 Å². The summed E-state index contributed by atoms with van der Waals surface area (Å²) >= 11 is 0. The summed E-state index contributed by atoms with van der Waals surface area (Å²) in [5.74, 6) is 0. The first kappa shape index (κ1) is 35.6. The second kappa shape index (κ2) is 15.3. The Balaban J connectivity index is 1.01. The number of nitrogens with zero attached hydrogens (tertiary/aromatic N) is 4. The maximum Gasteiger partial charge on any atom is 0.175 e. The van der Waals surface area contributed by atoms with E-state index in [1.54, 1.807) is 0 Å². The number of fused-ring (bicyclic) bond motifs is 2. The molecule has 4 nitrogen and oxygen atoms in total. The highest BCUT2D eigenvalue weighted by atomic mass is 14.9. The molecular weight excluding hydrogens is 729 g/mol. The number of pyridine rings is 4. The van der Waals surface area contributed by atoms with E-state index < -0.39 is 0 Å². The van der Waals surface area contributed by atoms with Gasteiger partial charge in [-0.3, -0.25) is 0 Å². The summed E-state index contributed by atoms with van der Waals surface area (Å²) in [7, 11) is 0. The van der Waals surface area contributed by atoms with Crippen molar-refractivity contribution in [2.75, 3.05) is 0 Å². The highest BCUT2D eigenvalue weighted by molar-refractivity contribution is 6.06. The third-order valence-electron chi connectivity index (χ3n) is 12.3. The van der Waals surface area contributed by atoms with Gasteiger partial charge in [0, 0.05) is 70.8 Å². The van der Waals surface area contributed by atoms with Crippen molar-refractivity contribution in [3.63, 3.8) is 0 Å². The minimum atomic E-state index is 0.785. The Morgan fingerprint density at radius 2 is 0.383 bits per heavy atom. The van der Waals surface area contributed by atoms with Gasteiger partial charge in [0.2, 0.25) is 0 Å². The molecule has 4 aromatic heterocycles. The molecule has 60 heavy (non-hydrogen) atoms. The van der Waals surface area contributed by atoms with Crippen LogP contribution in [-0.4, -0.2) is 0 Å². The highest BCUT2D eigenvalue weighted by Crippen LogP contribution is 2.34. The van der Waals surface area contributed by atoms with Gasteiger partial charge in [0.05, 0.1) is 0 Å². The molecule has 0 saturated carbocycles. The molecule has 0 atom stereocenters. The lowest BCUT2D eigenvalue weighted by molar-refractivity contribution is -0.688. The molecule has 0 radical (unpaired) electrons. The number of rotatable bonds is 0. The fourth-order valence-corrected chi connectivity index (χ4v) is 9.16. The summed E-state index contributed by atoms with van der Waals surface area (Å²) < 4.78 is 9.20. The predicted octanol–water partition coefficient (Wildman–Crippen LogP) is 10.3. The molecule has 12 bridgehead atoms. The quantitative estimate of drug-likeness (QED) is 0.108. The molecule has 10 aromatic rings. The van der Waals surface area contributed by atoms with E-state index in [0.717, 1.165) is 26.2 Å². The zero-order valence-electron chi connectivity index (χ0n) is 33.4. The average molecular weight is 773 g/mol. The largest absolute Gasteiger partial charge is 0.201 e. The van der Waals surface area contributed by atoms with Crippen LogP contribution in [0.25, 0.3) is 67.4 Å². The van der Waals surface area contributed by atoms with Crippen molar-refractivity contribution in [2.24, 2.45) is 0 Å². The molecule has 4 heteroatoms. The maximum atomic E-state index is 2.30. The Morgan fingerprint density at radius 3 is 0.550 bits per heavy atom. The van der Waals surface area contributed by atoms with Crippen molar-refractivity contribution >= 4 is 67.4 Å². The second-order valence-electron chi connectivity index (χ2n) is 16.0. The average Bonchev–Trinajstić information content (AvgIpc) is 3.31. The molecule has 0 fully saturated rings. The molecule has 0 spiro atoms. The van der Waals surface area contributed by atoms with Gasteiger partial charge in [-0.1, -0.05) is 121 Å². The molecule has 17 rings (SSSR count). The van der Waals surface area contributed by atoms with Gasteiger partial charge in [0.1, 0.15) is 0 Å². The molecule has 284 valence electrons. The van der Waals surface area contributed by atoms with E-state index in [9.17, 15) is 0 Å². The monoisotopic (exact) mass is 772 g/mol. The van der Waals surface area contributed by atoms with Crippen molar-refractivity contribution in [3.8, 4) is 0 Å². The van der Waals surface area contributed by atoms with Gasteiger partial charge in [-0.2, -0.15) is 0 Å². The van der Waals surface area contributed by atoms with Crippen molar-refractivity contribution in [1.29, 1.82) is 0 Å². The second-order valence-corrected chi connectivity index (χ2v) is 16.0. The summed E-state index contributed by atoms with van der Waals surface area (Å²) in [6.07, 6.45) is 26.5. The maximum absolute atomic E-state index is 2.30. The normalized spacial score (nSPS) is 14.0. The van der Waals surface area contributed by atoms with E-state index in [0.29, 0.717) is 0 Å². The first-order chi connectivity index (χ1) is 29.7. The van der Waals surface area contributed by atoms with E-state index in [1.807, 2.05) is 0 Å². The Labute approximate surface area is 350 Å². The SMILES string of the molecule is C1=C/c2cc[n+](cc2)Cc2c3ccccc3c(c3ccccc23)C[n+]2ccc(cc2)/C=C/c2cc[n+](cc2)Cc2c3ccccc3c(c3ccccc23)C[n+]2ccc/1cc2. The van der Waals surface area contributed by atoms with Crippen LogP contribution in [0.3, 0.4) is 0 Å². The molecular formula is C56H44N4+4. The molecule has 7 aliphatic rings. The summed E-state index contributed by atoms with van der Waals surface area (Å²) in [6, 6.07) is 53.4. The van der Waals surface area contributed by atoms with Crippen LogP contribution in [0, 0.1) is 0 Å². The summed E-state index contributed by atoms with van der Waals surface area (Å²) in [6.45, 7) is 3.14.